The third-order valence-corrected chi connectivity index (χ3v) is 3.16. The fourth-order valence-electron chi connectivity index (χ4n) is 2.08. The molecule has 0 spiro atoms. The second-order valence-corrected chi connectivity index (χ2v) is 4.53. The molecule has 0 saturated carbocycles. The summed E-state index contributed by atoms with van der Waals surface area (Å²) in [7, 11) is 0. The molecule has 1 atom stereocenters. The van der Waals surface area contributed by atoms with Crippen LogP contribution in [0.3, 0.4) is 0 Å². The van der Waals surface area contributed by atoms with Gasteiger partial charge in [0.1, 0.15) is 6.10 Å². The molecule has 3 rings (SSSR count). The highest BCUT2D eigenvalue weighted by molar-refractivity contribution is 5.60. The molecule has 1 aliphatic rings. The normalized spacial score (nSPS) is 18.0. The first-order chi connectivity index (χ1) is 9.42. The zero-order valence-corrected chi connectivity index (χ0v) is 10.6. The summed E-state index contributed by atoms with van der Waals surface area (Å²) in [5.74, 6) is 0.785. The molecule has 2 heterocycles. The number of rotatable bonds is 4. The molecule has 0 amide bonds. The SMILES string of the molecule is C1=COC(CNc2ccc(-c3cnco3)cc2)CC1. The number of oxazole rings is 1. The number of benzene rings is 1. The molecule has 98 valence electrons. The van der Waals surface area contributed by atoms with Gasteiger partial charge >= 0.3 is 0 Å². The van der Waals surface area contributed by atoms with Crippen molar-refractivity contribution in [2.75, 3.05) is 11.9 Å². The summed E-state index contributed by atoms with van der Waals surface area (Å²) >= 11 is 0. The van der Waals surface area contributed by atoms with Gasteiger partial charge in [0.25, 0.3) is 0 Å². The lowest BCUT2D eigenvalue weighted by Crippen LogP contribution is -2.22. The number of anilines is 1. The topological polar surface area (TPSA) is 47.3 Å². The Kier molecular flexibility index (Phi) is 3.49. The first kappa shape index (κ1) is 11.8. The van der Waals surface area contributed by atoms with Crippen LogP contribution < -0.4 is 5.32 Å². The van der Waals surface area contributed by atoms with E-state index in [0.717, 1.165) is 36.4 Å². The van der Waals surface area contributed by atoms with E-state index in [9.17, 15) is 0 Å². The fraction of sp³-hybridized carbons (Fsp3) is 0.267. The van der Waals surface area contributed by atoms with Crippen LogP contribution in [0, 0.1) is 0 Å². The first-order valence-electron chi connectivity index (χ1n) is 6.45. The van der Waals surface area contributed by atoms with Gasteiger partial charge in [-0.3, -0.25) is 0 Å². The van der Waals surface area contributed by atoms with E-state index in [1.165, 1.54) is 6.39 Å². The van der Waals surface area contributed by atoms with Gasteiger partial charge in [-0.2, -0.15) is 0 Å². The molecule has 1 aromatic carbocycles. The van der Waals surface area contributed by atoms with E-state index in [4.69, 9.17) is 9.15 Å². The summed E-state index contributed by atoms with van der Waals surface area (Å²) in [6.45, 7) is 0.825. The van der Waals surface area contributed by atoms with Crippen molar-refractivity contribution in [3.05, 3.63) is 49.2 Å². The van der Waals surface area contributed by atoms with Crippen LogP contribution in [0.5, 0.6) is 0 Å². The lowest BCUT2D eigenvalue weighted by molar-refractivity contribution is 0.135. The molecule has 0 aliphatic carbocycles. The predicted molar refractivity (Wildman–Crippen MR) is 73.7 cm³/mol. The van der Waals surface area contributed by atoms with Crippen molar-refractivity contribution in [2.45, 2.75) is 18.9 Å². The van der Waals surface area contributed by atoms with Gasteiger partial charge in [0, 0.05) is 11.3 Å². The molecular weight excluding hydrogens is 240 g/mol. The second kappa shape index (κ2) is 5.61. The van der Waals surface area contributed by atoms with Gasteiger partial charge in [-0.25, -0.2) is 4.98 Å². The first-order valence-corrected chi connectivity index (χ1v) is 6.45. The number of hydrogen-bond acceptors (Lipinski definition) is 4. The Bertz CT molecular complexity index is 532. The summed E-state index contributed by atoms with van der Waals surface area (Å²) in [4.78, 5) is 3.91. The second-order valence-electron chi connectivity index (χ2n) is 4.53. The maximum Gasteiger partial charge on any atom is 0.181 e. The molecule has 19 heavy (non-hydrogen) atoms. The summed E-state index contributed by atoms with van der Waals surface area (Å²) in [5.41, 5.74) is 2.11. The van der Waals surface area contributed by atoms with Crippen LogP contribution in [0.1, 0.15) is 12.8 Å². The molecule has 0 radical (unpaired) electrons. The zero-order valence-electron chi connectivity index (χ0n) is 10.6. The molecule has 0 saturated heterocycles. The van der Waals surface area contributed by atoms with Crippen molar-refractivity contribution in [3.63, 3.8) is 0 Å². The average molecular weight is 256 g/mol. The highest BCUT2D eigenvalue weighted by Gasteiger charge is 2.10. The third-order valence-electron chi connectivity index (χ3n) is 3.16. The molecule has 1 aliphatic heterocycles. The van der Waals surface area contributed by atoms with Gasteiger partial charge < -0.3 is 14.5 Å². The molecule has 4 nitrogen and oxygen atoms in total. The molecule has 1 unspecified atom stereocenters. The van der Waals surface area contributed by atoms with Crippen LogP contribution in [0.15, 0.2) is 53.6 Å². The highest BCUT2D eigenvalue weighted by atomic mass is 16.5. The van der Waals surface area contributed by atoms with Crippen LogP contribution in [0.25, 0.3) is 11.3 Å². The number of nitrogens with one attached hydrogen (secondary N) is 1. The van der Waals surface area contributed by atoms with Gasteiger partial charge in [0.2, 0.25) is 0 Å². The molecule has 4 heteroatoms. The lowest BCUT2D eigenvalue weighted by atomic mass is 10.1. The minimum absolute atomic E-state index is 0.263. The van der Waals surface area contributed by atoms with Gasteiger partial charge in [-0.1, -0.05) is 0 Å². The minimum atomic E-state index is 0.263. The quantitative estimate of drug-likeness (QED) is 0.910. The van der Waals surface area contributed by atoms with E-state index in [0.29, 0.717) is 0 Å². The van der Waals surface area contributed by atoms with Gasteiger partial charge in [-0.15, -0.1) is 0 Å². The maximum atomic E-state index is 5.52. The van der Waals surface area contributed by atoms with E-state index < -0.39 is 0 Å². The Morgan fingerprint density at radius 3 is 2.84 bits per heavy atom. The Hall–Kier alpha value is -2.23. The average Bonchev–Trinajstić information content (AvgIpc) is 3.01. The largest absolute Gasteiger partial charge is 0.497 e. The summed E-state index contributed by atoms with van der Waals surface area (Å²) in [6, 6.07) is 8.11. The standard InChI is InChI=1S/C15H16N2O2/c1-2-8-18-14(3-1)9-17-13-6-4-12(5-7-13)15-10-16-11-19-15/h2,4-8,10-11,14,17H,1,3,9H2. The Labute approximate surface area is 112 Å². The number of aromatic nitrogens is 1. The maximum absolute atomic E-state index is 5.52. The Morgan fingerprint density at radius 1 is 1.26 bits per heavy atom. The third kappa shape index (κ3) is 2.96. The van der Waals surface area contributed by atoms with Crippen LogP contribution in [0.2, 0.25) is 0 Å². The number of nitrogens with zero attached hydrogens (tertiary/aromatic N) is 1. The lowest BCUT2D eigenvalue weighted by Gasteiger charge is -2.20. The molecule has 0 bridgehead atoms. The van der Waals surface area contributed by atoms with Gasteiger partial charge in [-0.05, 0) is 43.2 Å². The van der Waals surface area contributed by atoms with Crippen molar-refractivity contribution in [2.24, 2.45) is 0 Å². The summed E-state index contributed by atoms with van der Waals surface area (Å²) < 4.78 is 10.8. The van der Waals surface area contributed by atoms with Crippen molar-refractivity contribution >= 4 is 5.69 Å². The van der Waals surface area contributed by atoms with Crippen molar-refractivity contribution in [1.29, 1.82) is 0 Å². The molecule has 2 aromatic rings. The van der Waals surface area contributed by atoms with Crippen molar-refractivity contribution < 1.29 is 9.15 Å². The highest BCUT2D eigenvalue weighted by Crippen LogP contribution is 2.21. The van der Waals surface area contributed by atoms with Gasteiger partial charge in [0.15, 0.2) is 12.2 Å². The molecule has 0 fully saturated rings. The van der Waals surface area contributed by atoms with E-state index >= 15 is 0 Å². The van der Waals surface area contributed by atoms with E-state index in [2.05, 4.69) is 16.4 Å². The van der Waals surface area contributed by atoms with E-state index in [1.54, 1.807) is 12.5 Å². The van der Waals surface area contributed by atoms with Crippen LogP contribution in [0.4, 0.5) is 5.69 Å². The summed E-state index contributed by atoms with van der Waals surface area (Å²) in [5, 5.41) is 3.38. The van der Waals surface area contributed by atoms with Crippen molar-refractivity contribution in [1.82, 2.24) is 4.98 Å². The smallest absolute Gasteiger partial charge is 0.181 e. The predicted octanol–water partition coefficient (Wildman–Crippen LogP) is 3.45. The van der Waals surface area contributed by atoms with Crippen molar-refractivity contribution in [3.8, 4) is 11.3 Å². The number of hydrogen-bond donors (Lipinski definition) is 1. The fourth-order valence-corrected chi connectivity index (χ4v) is 2.08. The molecular formula is C15H16N2O2. The van der Waals surface area contributed by atoms with E-state index in [-0.39, 0.29) is 6.10 Å². The van der Waals surface area contributed by atoms with Crippen LogP contribution in [-0.4, -0.2) is 17.6 Å². The number of allylic oxidation sites excluding steroid dienone is 1. The monoisotopic (exact) mass is 256 g/mol. The Morgan fingerprint density at radius 2 is 2.16 bits per heavy atom. The van der Waals surface area contributed by atoms with Gasteiger partial charge in [0.05, 0.1) is 19.0 Å². The summed E-state index contributed by atoms with van der Waals surface area (Å²) in [6.07, 6.45) is 9.43. The zero-order chi connectivity index (χ0) is 12.9. The molecule has 1 aromatic heterocycles. The van der Waals surface area contributed by atoms with Crippen LogP contribution in [-0.2, 0) is 4.74 Å². The van der Waals surface area contributed by atoms with E-state index in [1.807, 2.05) is 24.3 Å². The molecule has 1 N–H and O–H groups in total. The van der Waals surface area contributed by atoms with Crippen LogP contribution >= 0.6 is 0 Å². The minimum Gasteiger partial charge on any atom is -0.497 e. The number of ether oxygens (including phenoxy) is 1. The Balaban J connectivity index is 1.58.